The average molecular weight is 193 g/mol. The van der Waals surface area contributed by atoms with Gasteiger partial charge in [0.1, 0.15) is 6.54 Å². The summed E-state index contributed by atoms with van der Waals surface area (Å²) < 4.78 is 4.46. The van der Waals surface area contributed by atoms with Crippen molar-refractivity contribution >= 4 is 18.1 Å². The summed E-state index contributed by atoms with van der Waals surface area (Å²) >= 11 is 0. The number of rotatable bonds is 4. The van der Waals surface area contributed by atoms with Gasteiger partial charge in [0.2, 0.25) is 6.41 Å². The number of hydrogen-bond donors (Lipinski definition) is 0. The van der Waals surface area contributed by atoms with Crippen LogP contribution in [0.25, 0.3) is 0 Å². The SMILES string of the molecule is COC(=O)CN(C=O)c1ccccc1. The molecule has 14 heavy (non-hydrogen) atoms. The number of anilines is 1. The molecule has 0 fully saturated rings. The molecule has 0 bridgehead atoms. The van der Waals surface area contributed by atoms with Gasteiger partial charge in [-0.05, 0) is 12.1 Å². The Morgan fingerprint density at radius 3 is 2.57 bits per heavy atom. The van der Waals surface area contributed by atoms with Gasteiger partial charge in [-0.2, -0.15) is 0 Å². The summed E-state index contributed by atoms with van der Waals surface area (Å²) in [6.45, 7) is -0.0655. The zero-order valence-electron chi connectivity index (χ0n) is 7.84. The van der Waals surface area contributed by atoms with Crippen LogP contribution in [0.5, 0.6) is 0 Å². The maximum Gasteiger partial charge on any atom is 0.325 e. The number of esters is 1. The predicted molar refractivity (Wildman–Crippen MR) is 51.9 cm³/mol. The summed E-state index contributed by atoms with van der Waals surface area (Å²) in [5, 5.41) is 0. The topological polar surface area (TPSA) is 46.6 Å². The highest BCUT2D eigenvalue weighted by Crippen LogP contribution is 2.10. The second kappa shape index (κ2) is 5.01. The molecule has 0 radical (unpaired) electrons. The molecule has 0 atom stereocenters. The van der Waals surface area contributed by atoms with E-state index >= 15 is 0 Å². The Morgan fingerprint density at radius 1 is 1.43 bits per heavy atom. The predicted octanol–water partition coefficient (Wildman–Crippen LogP) is 0.822. The minimum absolute atomic E-state index is 0.0655. The normalized spacial score (nSPS) is 9.21. The van der Waals surface area contributed by atoms with Crippen LogP contribution in [-0.2, 0) is 14.3 Å². The molecule has 0 aliphatic carbocycles. The first-order chi connectivity index (χ1) is 6.77. The van der Waals surface area contributed by atoms with Gasteiger partial charge in [-0.3, -0.25) is 9.59 Å². The van der Waals surface area contributed by atoms with Crippen LogP contribution in [0.1, 0.15) is 0 Å². The lowest BCUT2D eigenvalue weighted by molar-refractivity contribution is -0.139. The lowest BCUT2D eigenvalue weighted by Gasteiger charge is -2.15. The fourth-order valence-electron chi connectivity index (χ4n) is 1.01. The number of para-hydroxylation sites is 1. The van der Waals surface area contributed by atoms with Crippen LogP contribution in [0, 0.1) is 0 Å². The smallest absolute Gasteiger partial charge is 0.325 e. The molecule has 0 heterocycles. The largest absolute Gasteiger partial charge is 0.468 e. The summed E-state index contributed by atoms with van der Waals surface area (Å²) in [5.41, 5.74) is 0.674. The van der Waals surface area contributed by atoms with Crippen molar-refractivity contribution in [3.63, 3.8) is 0 Å². The molecule has 0 N–H and O–H groups in total. The van der Waals surface area contributed by atoms with Gasteiger partial charge in [0, 0.05) is 5.69 Å². The van der Waals surface area contributed by atoms with E-state index in [0.29, 0.717) is 12.1 Å². The van der Waals surface area contributed by atoms with Crippen molar-refractivity contribution in [1.82, 2.24) is 0 Å². The molecule has 1 aromatic rings. The molecule has 1 amide bonds. The van der Waals surface area contributed by atoms with Crippen molar-refractivity contribution in [2.45, 2.75) is 0 Å². The van der Waals surface area contributed by atoms with E-state index in [9.17, 15) is 9.59 Å². The molecule has 0 spiro atoms. The number of carbonyl (C=O) groups is 2. The van der Waals surface area contributed by atoms with Gasteiger partial charge in [-0.1, -0.05) is 18.2 Å². The van der Waals surface area contributed by atoms with E-state index < -0.39 is 5.97 Å². The number of amides is 1. The summed E-state index contributed by atoms with van der Waals surface area (Å²) in [6, 6.07) is 8.92. The van der Waals surface area contributed by atoms with Gasteiger partial charge >= 0.3 is 5.97 Å². The highest BCUT2D eigenvalue weighted by atomic mass is 16.5. The molecule has 0 saturated heterocycles. The highest BCUT2D eigenvalue weighted by molar-refractivity contribution is 5.85. The van der Waals surface area contributed by atoms with Gasteiger partial charge in [0.05, 0.1) is 7.11 Å². The van der Waals surface area contributed by atoms with Crippen molar-refractivity contribution < 1.29 is 14.3 Å². The Labute approximate surface area is 82.1 Å². The third-order valence-corrected chi connectivity index (χ3v) is 1.74. The molecule has 0 unspecified atom stereocenters. The first-order valence-corrected chi connectivity index (χ1v) is 4.11. The molecule has 0 saturated carbocycles. The Bertz CT molecular complexity index is 310. The molecule has 0 aromatic heterocycles. The summed E-state index contributed by atoms with van der Waals surface area (Å²) in [4.78, 5) is 22.9. The van der Waals surface area contributed by atoms with E-state index in [1.165, 1.54) is 12.0 Å². The summed E-state index contributed by atoms with van der Waals surface area (Å²) in [6.07, 6.45) is 0.603. The minimum atomic E-state index is -0.444. The maximum atomic E-state index is 10.9. The van der Waals surface area contributed by atoms with E-state index in [0.717, 1.165) is 0 Å². The van der Waals surface area contributed by atoms with Crippen LogP contribution < -0.4 is 4.90 Å². The minimum Gasteiger partial charge on any atom is -0.468 e. The average Bonchev–Trinajstić information content (AvgIpc) is 2.26. The fourth-order valence-corrected chi connectivity index (χ4v) is 1.01. The van der Waals surface area contributed by atoms with Crippen molar-refractivity contribution in [2.75, 3.05) is 18.6 Å². The standard InChI is InChI=1S/C10H11NO3/c1-14-10(13)7-11(8-12)9-5-3-2-4-6-9/h2-6,8H,7H2,1H3. The van der Waals surface area contributed by atoms with Gasteiger partial charge in [0.25, 0.3) is 0 Å². The van der Waals surface area contributed by atoms with Crippen molar-refractivity contribution in [2.24, 2.45) is 0 Å². The third-order valence-electron chi connectivity index (χ3n) is 1.74. The second-order valence-corrected chi connectivity index (χ2v) is 2.64. The number of methoxy groups -OCH3 is 1. The molecule has 0 aliphatic rings. The molecular formula is C10H11NO3. The summed E-state index contributed by atoms with van der Waals surface area (Å²) in [5.74, 6) is -0.444. The van der Waals surface area contributed by atoms with Crippen LogP contribution >= 0.6 is 0 Å². The molecule has 1 aromatic carbocycles. The third kappa shape index (κ3) is 2.58. The number of hydrogen-bond acceptors (Lipinski definition) is 3. The van der Waals surface area contributed by atoms with E-state index in [1.807, 2.05) is 6.07 Å². The monoisotopic (exact) mass is 193 g/mol. The van der Waals surface area contributed by atoms with Crippen LogP contribution in [0.4, 0.5) is 5.69 Å². The lowest BCUT2D eigenvalue weighted by Crippen LogP contribution is -2.28. The zero-order chi connectivity index (χ0) is 10.4. The van der Waals surface area contributed by atoms with Crippen LogP contribution in [-0.4, -0.2) is 26.0 Å². The Morgan fingerprint density at radius 2 is 2.07 bits per heavy atom. The number of ether oxygens (including phenoxy) is 1. The van der Waals surface area contributed by atoms with Gasteiger partial charge in [-0.15, -0.1) is 0 Å². The Hall–Kier alpha value is -1.84. The number of benzene rings is 1. The first-order valence-electron chi connectivity index (χ1n) is 4.11. The molecule has 1 rings (SSSR count). The highest BCUT2D eigenvalue weighted by Gasteiger charge is 2.09. The number of nitrogens with zero attached hydrogens (tertiary/aromatic N) is 1. The second-order valence-electron chi connectivity index (χ2n) is 2.64. The van der Waals surface area contributed by atoms with Gasteiger partial charge in [-0.25, -0.2) is 0 Å². The number of carbonyl (C=O) groups excluding carboxylic acids is 2. The molecule has 4 nitrogen and oxygen atoms in total. The van der Waals surface area contributed by atoms with E-state index in [2.05, 4.69) is 4.74 Å². The van der Waals surface area contributed by atoms with Crippen LogP contribution in [0.15, 0.2) is 30.3 Å². The van der Waals surface area contributed by atoms with Crippen molar-refractivity contribution in [3.05, 3.63) is 30.3 Å². The molecule has 74 valence electrons. The summed E-state index contributed by atoms with van der Waals surface area (Å²) in [7, 11) is 1.29. The Kier molecular flexibility index (Phi) is 3.67. The quantitative estimate of drug-likeness (QED) is 0.525. The van der Waals surface area contributed by atoms with E-state index in [-0.39, 0.29) is 6.54 Å². The van der Waals surface area contributed by atoms with E-state index in [1.54, 1.807) is 24.3 Å². The van der Waals surface area contributed by atoms with E-state index in [4.69, 9.17) is 0 Å². The van der Waals surface area contributed by atoms with Crippen LogP contribution in [0.3, 0.4) is 0 Å². The van der Waals surface area contributed by atoms with Crippen molar-refractivity contribution in [3.8, 4) is 0 Å². The maximum absolute atomic E-state index is 10.9. The fraction of sp³-hybridized carbons (Fsp3) is 0.200. The molecular weight excluding hydrogens is 182 g/mol. The Balaban J connectivity index is 2.73. The lowest BCUT2D eigenvalue weighted by atomic mass is 10.3. The first kappa shape index (κ1) is 10.2. The van der Waals surface area contributed by atoms with Gasteiger partial charge in [0.15, 0.2) is 0 Å². The zero-order valence-corrected chi connectivity index (χ0v) is 7.84. The van der Waals surface area contributed by atoms with Gasteiger partial charge < -0.3 is 9.64 Å². The van der Waals surface area contributed by atoms with Crippen LogP contribution in [0.2, 0.25) is 0 Å². The molecule has 0 aliphatic heterocycles. The van der Waals surface area contributed by atoms with Crippen molar-refractivity contribution in [1.29, 1.82) is 0 Å². The molecule has 4 heteroatoms.